The highest BCUT2D eigenvalue weighted by Gasteiger charge is 2.33. The summed E-state index contributed by atoms with van der Waals surface area (Å²) in [5.41, 5.74) is 7.34. The van der Waals surface area contributed by atoms with E-state index in [1.807, 2.05) is 22.9 Å². The van der Waals surface area contributed by atoms with Gasteiger partial charge in [0.25, 0.3) is 0 Å². The minimum absolute atomic E-state index is 0.0529. The number of benzene rings is 1. The Morgan fingerprint density at radius 1 is 1.25 bits per heavy atom. The number of hydrogen-bond acceptors (Lipinski definition) is 4. The van der Waals surface area contributed by atoms with E-state index in [4.69, 9.17) is 17.3 Å². The van der Waals surface area contributed by atoms with Gasteiger partial charge in [-0.1, -0.05) is 36.9 Å². The van der Waals surface area contributed by atoms with Crippen LogP contribution in [0.4, 0.5) is 5.69 Å². The maximum Gasteiger partial charge on any atom is 0.186 e. The van der Waals surface area contributed by atoms with Crippen LogP contribution in [0, 0.1) is 0 Å². The maximum atomic E-state index is 6.29. The van der Waals surface area contributed by atoms with Crippen molar-refractivity contribution in [2.45, 2.75) is 44.6 Å². The first-order valence-corrected chi connectivity index (χ1v) is 7.33. The Balaban J connectivity index is 2.11. The van der Waals surface area contributed by atoms with Crippen molar-refractivity contribution in [3.8, 4) is 11.4 Å². The second-order valence-corrected chi connectivity index (χ2v) is 6.08. The van der Waals surface area contributed by atoms with Gasteiger partial charge in [0.15, 0.2) is 5.82 Å². The summed E-state index contributed by atoms with van der Waals surface area (Å²) in [4.78, 5) is 0. The fourth-order valence-corrected chi connectivity index (χ4v) is 3.27. The van der Waals surface area contributed by atoms with Gasteiger partial charge in [-0.05, 0) is 42.3 Å². The van der Waals surface area contributed by atoms with E-state index in [1.165, 1.54) is 19.3 Å². The zero-order valence-electron chi connectivity index (χ0n) is 11.5. The summed E-state index contributed by atoms with van der Waals surface area (Å²) in [5.74, 6) is 0.664. The van der Waals surface area contributed by atoms with E-state index in [9.17, 15) is 0 Å². The molecule has 3 rings (SSSR count). The van der Waals surface area contributed by atoms with Crippen molar-refractivity contribution in [2.75, 3.05) is 5.73 Å². The normalized spacial score (nSPS) is 18.1. The lowest BCUT2D eigenvalue weighted by Crippen LogP contribution is -2.34. The molecule has 2 aromatic rings. The van der Waals surface area contributed by atoms with Gasteiger partial charge in [-0.25, -0.2) is 4.68 Å². The monoisotopic (exact) mass is 291 g/mol. The summed E-state index contributed by atoms with van der Waals surface area (Å²) in [5, 5.41) is 12.8. The zero-order valence-corrected chi connectivity index (χ0v) is 12.3. The minimum Gasteiger partial charge on any atom is -0.398 e. The smallest absolute Gasteiger partial charge is 0.186 e. The Labute approximate surface area is 123 Å². The molecule has 1 fully saturated rings. The molecule has 1 aromatic heterocycles. The van der Waals surface area contributed by atoms with E-state index >= 15 is 0 Å². The molecule has 1 saturated carbocycles. The number of anilines is 1. The van der Waals surface area contributed by atoms with Crippen molar-refractivity contribution in [1.82, 2.24) is 20.2 Å². The van der Waals surface area contributed by atoms with E-state index in [0.717, 1.165) is 18.4 Å². The van der Waals surface area contributed by atoms with Gasteiger partial charge in [-0.15, -0.1) is 5.10 Å². The summed E-state index contributed by atoms with van der Waals surface area (Å²) < 4.78 is 1.91. The van der Waals surface area contributed by atoms with E-state index in [2.05, 4.69) is 22.4 Å². The molecule has 5 nitrogen and oxygen atoms in total. The zero-order chi connectivity index (χ0) is 14.2. The summed E-state index contributed by atoms with van der Waals surface area (Å²) in [6, 6.07) is 5.47. The number of aromatic nitrogens is 4. The van der Waals surface area contributed by atoms with Crippen LogP contribution in [-0.2, 0) is 5.54 Å². The number of nitrogens with two attached hydrogens (primary N) is 1. The average molecular weight is 292 g/mol. The highest BCUT2D eigenvalue weighted by molar-refractivity contribution is 6.33. The highest BCUT2D eigenvalue weighted by atomic mass is 35.5. The van der Waals surface area contributed by atoms with Crippen LogP contribution in [0.3, 0.4) is 0 Å². The Bertz CT molecular complexity index is 596. The van der Waals surface area contributed by atoms with Crippen LogP contribution in [0.25, 0.3) is 11.4 Å². The third-order valence-corrected chi connectivity index (χ3v) is 4.50. The number of halogens is 1. The highest BCUT2D eigenvalue weighted by Crippen LogP contribution is 2.39. The van der Waals surface area contributed by atoms with Gasteiger partial charge in [0.1, 0.15) is 0 Å². The third-order valence-electron chi connectivity index (χ3n) is 4.18. The molecule has 20 heavy (non-hydrogen) atoms. The van der Waals surface area contributed by atoms with Crippen LogP contribution in [0.1, 0.15) is 39.0 Å². The summed E-state index contributed by atoms with van der Waals surface area (Å²) in [6.45, 7) is 2.21. The van der Waals surface area contributed by atoms with Gasteiger partial charge in [0, 0.05) is 5.69 Å². The fraction of sp³-hybridized carbons (Fsp3) is 0.500. The minimum atomic E-state index is -0.0529. The summed E-state index contributed by atoms with van der Waals surface area (Å²) in [6.07, 6.45) is 5.84. The van der Waals surface area contributed by atoms with E-state index in [-0.39, 0.29) is 5.54 Å². The molecule has 6 heteroatoms. The van der Waals surface area contributed by atoms with E-state index in [1.54, 1.807) is 0 Å². The molecule has 106 valence electrons. The quantitative estimate of drug-likeness (QED) is 0.862. The van der Waals surface area contributed by atoms with Crippen molar-refractivity contribution in [1.29, 1.82) is 0 Å². The molecule has 0 aliphatic heterocycles. The van der Waals surface area contributed by atoms with Crippen molar-refractivity contribution in [2.24, 2.45) is 0 Å². The second kappa shape index (κ2) is 5.05. The molecule has 1 heterocycles. The van der Waals surface area contributed by atoms with E-state index in [0.29, 0.717) is 16.5 Å². The SMILES string of the molecule is CC1(n2nnnc2-c2c(N)cccc2Cl)CCCCC1. The Morgan fingerprint density at radius 2 is 2.00 bits per heavy atom. The maximum absolute atomic E-state index is 6.29. The number of nitrogen functional groups attached to an aromatic ring is 1. The molecule has 1 aliphatic rings. The van der Waals surface area contributed by atoms with Crippen LogP contribution in [0.5, 0.6) is 0 Å². The topological polar surface area (TPSA) is 69.6 Å². The molecule has 0 unspecified atom stereocenters. The Kier molecular flexibility index (Phi) is 3.38. The van der Waals surface area contributed by atoms with Crippen molar-refractivity contribution in [3.05, 3.63) is 23.2 Å². The molecule has 0 atom stereocenters. The van der Waals surface area contributed by atoms with Crippen molar-refractivity contribution >= 4 is 17.3 Å². The molecule has 0 saturated heterocycles. The molecule has 0 bridgehead atoms. The van der Waals surface area contributed by atoms with Crippen molar-refractivity contribution < 1.29 is 0 Å². The van der Waals surface area contributed by atoms with Crippen LogP contribution in [0.15, 0.2) is 18.2 Å². The molecule has 1 aromatic carbocycles. The van der Waals surface area contributed by atoms with Gasteiger partial charge in [0.05, 0.1) is 16.1 Å². The molecule has 0 spiro atoms. The standard InChI is InChI=1S/C14H18ClN5/c1-14(8-3-2-4-9-14)20-13(17-18-19-20)12-10(15)6-5-7-11(12)16/h5-7H,2-4,8-9,16H2,1H3. The summed E-state index contributed by atoms with van der Waals surface area (Å²) in [7, 11) is 0. The van der Waals surface area contributed by atoms with Crippen LogP contribution >= 0.6 is 11.6 Å². The average Bonchev–Trinajstić information content (AvgIpc) is 2.89. The first-order valence-electron chi connectivity index (χ1n) is 6.95. The van der Waals surface area contributed by atoms with Gasteiger partial charge in [-0.3, -0.25) is 0 Å². The lowest BCUT2D eigenvalue weighted by molar-refractivity contribution is 0.197. The molecule has 2 N–H and O–H groups in total. The first-order chi connectivity index (χ1) is 9.62. The predicted octanol–water partition coefficient (Wildman–Crippen LogP) is 3.26. The van der Waals surface area contributed by atoms with Gasteiger partial charge < -0.3 is 5.73 Å². The number of rotatable bonds is 2. The number of nitrogens with zero attached hydrogens (tertiary/aromatic N) is 4. The Morgan fingerprint density at radius 3 is 2.70 bits per heavy atom. The summed E-state index contributed by atoms with van der Waals surface area (Å²) >= 11 is 6.29. The lowest BCUT2D eigenvalue weighted by atomic mass is 9.83. The fourth-order valence-electron chi connectivity index (χ4n) is 3.01. The number of hydrogen-bond donors (Lipinski definition) is 1. The van der Waals surface area contributed by atoms with Gasteiger partial charge in [-0.2, -0.15) is 0 Å². The molecular weight excluding hydrogens is 274 g/mol. The largest absolute Gasteiger partial charge is 0.398 e. The molecular formula is C14H18ClN5. The first kappa shape index (κ1) is 13.4. The van der Waals surface area contributed by atoms with Gasteiger partial charge in [0.2, 0.25) is 0 Å². The molecule has 1 aliphatic carbocycles. The van der Waals surface area contributed by atoms with Crippen LogP contribution in [0.2, 0.25) is 5.02 Å². The van der Waals surface area contributed by atoms with Crippen LogP contribution < -0.4 is 5.73 Å². The third kappa shape index (κ3) is 2.16. The van der Waals surface area contributed by atoms with Crippen molar-refractivity contribution in [3.63, 3.8) is 0 Å². The lowest BCUT2D eigenvalue weighted by Gasteiger charge is -2.34. The molecule has 0 amide bonds. The van der Waals surface area contributed by atoms with Crippen LogP contribution in [-0.4, -0.2) is 20.2 Å². The molecule has 0 radical (unpaired) electrons. The van der Waals surface area contributed by atoms with Gasteiger partial charge >= 0.3 is 0 Å². The number of tetrazole rings is 1. The van der Waals surface area contributed by atoms with E-state index < -0.39 is 0 Å². The Hall–Kier alpha value is -1.62. The predicted molar refractivity (Wildman–Crippen MR) is 79.4 cm³/mol. The second-order valence-electron chi connectivity index (χ2n) is 5.68.